The Morgan fingerprint density at radius 2 is 1.26 bits per heavy atom. The van der Waals surface area contributed by atoms with E-state index in [1.807, 2.05) is 24.3 Å². The Morgan fingerprint density at radius 3 is 1.89 bits per heavy atom. The molecule has 170 valence electrons. The van der Waals surface area contributed by atoms with Gasteiger partial charge in [0.2, 0.25) is 0 Å². The van der Waals surface area contributed by atoms with Crippen molar-refractivity contribution in [1.29, 1.82) is 5.26 Å². The van der Waals surface area contributed by atoms with Crippen LogP contribution in [0.1, 0.15) is 30.5 Å². The predicted octanol–water partition coefficient (Wildman–Crippen LogP) is 5.17. The fourth-order valence-electron chi connectivity index (χ4n) is 4.25. The first kappa shape index (κ1) is 22.0. The molecule has 3 aromatic carbocycles. The van der Waals surface area contributed by atoms with Crippen molar-refractivity contribution in [3.63, 3.8) is 0 Å². The Labute approximate surface area is 200 Å². The molecule has 0 saturated heterocycles. The Kier molecular flexibility index (Phi) is 5.57. The normalized spacial score (nSPS) is 10.8. The zero-order chi connectivity index (χ0) is 24.5. The summed E-state index contributed by atoms with van der Waals surface area (Å²) < 4.78 is 11.0. The van der Waals surface area contributed by atoms with E-state index in [0.717, 1.165) is 24.3 Å². The smallest absolute Gasteiger partial charge is 0.351 e. The van der Waals surface area contributed by atoms with Crippen molar-refractivity contribution in [1.82, 2.24) is 0 Å². The Hall–Kier alpha value is -4.81. The molecule has 2 aromatic heterocycles. The molecule has 35 heavy (non-hydrogen) atoms. The van der Waals surface area contributed by atoms with Gasteiger partial charge in [0.05, 0.1) is 11.6 Å². The van der Waals surface area contributed by atoms with Crippen LogP contribution in [0.2, 0.25) is 0 Å². The Balaban J connectivity index is 1.69. The van der Waals surface area contributed by atoms with Crippen molar-refractivity contribution in [2.24, 2.45) is 0 Å². The molecule has 0 N–H and O–H groups in total. The van der Waals surface area contributed by atoms with E-state index in [1.54, 1.807) is 36.4 Å². The van der Waals surface area contributed by atoms with Crippen molar-refractivity contribution in [3.05, 3.63) is 98.2 Å². The van der Waals surface area contributed by atoms with Crippen LogP contribution >= 0.6 is 0 Å². The minimum absolute atomic E-state index is 0.1000. The number of hydrogen-bond acceptors (Lipinski definition) is 6. The maximum absolute atomic E-state index is 12.8. The average molecular weight is 460 g/mol. The molecule has 0 bridgehead atoms. The predicted molar refractivity (Wildman–Crippen MR) is 137 cm³/mol. The number of nitrogens with zero attached hydrogens (tertiary/aromatic N) is 2. The molecule has 5 rings (SSSR count). The van der Waals surface area contributed by atoms with Gasteiger partial charge in [-0.3, -0.25) is 0 Å². The van der Waals surface area contributed by atoms with Gasteiger partial charge in [-0.1, -0.05) is 11.8 Å². The first-order valence-electron chi connectivity index (χ1n) is 11.3. The highest BCUT2D eigenvalue weighted by Crippen LogP contribution is 2.31. The van der Waals surface area contributed by atoms with Crippen molar-refractivity contribution >= 4 is 38.4 Å². The van der Waals surface area contributed by atoms with Gasteiger partial charge in [-0.25, -0.2) is 9.59 Å². The largest absolute Gasteiger partial charge is 0.422 e. The summed E-state index contributed by atoms with van der Waals surface area (Å²) in [5.74, 6) is 6.11. The van der Waals surface area contributed by atoms with E-state index in [4.69, 9.17) is 14.1 Å². The Bertz CT molecular complexity index is 1820. The van der Waals surface area contributed by atoms with Crippen LogP contribution in [0.3, 0.4) is 0 Å². The number of hydrogen-bond donors (Lipinski definition) is 0. The molecule has 6 heteroatoms. The van der Waals surface area contributed by atoms with Gasteiger partial charge in [-0.05, 0) is 68.4 Å². The zero-order valence-corrected chi connectivity index (χ0v) is 19.2. The van der Waals surface area contributed by atoms with Gasteiger partial charge in [-0.2, -0.15) is 5.26 Å². The lowest BCUT2D eigenvalue weighted by Gasteiger charge is -2.21. The summed E-state index contributed by atoms with van der Waals surface area (Å²) in [5, 5.41) is 10.7. The van der Waals surface area contributed by atoms with Gasteiger partial charge in [0.25, 0.3) is 0 Å². The van der Waals surface area contributed by atoms with E-state index < -0.39 is 11.3 Å². The molecule has 0 aliphatic carbocycles. The van der Waals surface area contributed by atoms with Gasteiger partial charge >= 0.3 is 11.3 Å². The summed E-state index contributed by atoms with van der Waals surface area (Å²) in [6, 6.07) is 20.0. The van der Waals surface area contributed by atoms with Crippen molar-refractivity contribution in [2.75, 3.05) is 18.0 Å². The second kappa shape index (κ2) is 8.85. The minimum atomic E-state index is -0.742. The Morgan fingerprint density at radius 1 is 0.714 bits per heavy atom. The number of nitriles is 1. The molecule has 2 heterocycles. The van der Waals surface area contributed by atoms with Crippen molar-refractivity contribution in [3.8, 4) is 17.9 Å². The molecule has 0 radical (unpaired) electrons. The van der Waals surface area contributed by atoms with Crippen LogP contribution in [-0.2, 0) is 0 Å². The first-order chi connectivity index (χ1) is 17.0. The summed E-state index contributed by atoms with van der Waals surface area (Å²) in [6.07, 6.45) is 0. The molecule has 0 aliphatic heterocycles. The molecule has 0 saturated carbocycles. The zero-order valence-electron chi connectivity index (χ0n) is 19.2. The molecule has 0 aliphatic rings. The van der Waals surface area contributed by atoms with Gasteiger partial charge in [0, 0.05) is 52.1 Å². The van der Waals surface area contributed by atoms with Gasteiger partial charge in [0.1, 0.15) is 11.2 Å². The van der Waals surface area contributed by atoms with Crippen LogP contribution in [-0.4, -0.2) is 13.1 Å². The lowest BCUT2D eigenvalue weighted by Crippen LogP contribution is -2.21. The molecule has 0 spiro atoms. The average Bonchev–Trinajstić information content (AvgIpc) is 2.88. The number of rotatable bonds is 3. The van der Waals surface area contributed by atoms with Crippen LogP contribution in [0.25, 0.3) is 32.7 Å². The van der Waals surface area contributed by atoms with Gasteiger partial charge in [0.15, 0.2) is 5.39 Å². The lowest BCUT2D eigenvalue weighted by molar-refractivity contribution is 0.547. The van der Waals surface area contributed by atoms with Crippen LogP contribution in [0.5, 0.6) is 0 Å². The maximum atomic E-state index is 12.8. The monoisotopic (exact) mass is 460 g/mol. The van der Waals surface area contributed by atoms with E-state index in [2.05, 4.69) is 36.7 Å². The number of fused-ring (bicyclic) bond motifs is 5. The minimum Gasteiger partial charge on any atom is -0.422 e. The van der Waals surface area contributed by atoms with E-state index in [-0.39, 0.29) is 5.39 Å². The highest BCUT2D eigenvalue weighted by molar-refractivity contribution is 6.17. The van der Waals surface area contributed by atoms with Crippen molar-refractivity contribution in [2.45, 2.75) is 13.8 Å². The molecule has 0 fully saturated rings. The topological polar surface area (TPSA) is 87.5 Å². The van der Waals surface area contributed by atoms with Crippen LogP contribution in [0.4, 0.5) is 5.69 Å². The van der Waals surface area contributed by atoms with Crippen LogP contribution in [0, 0.1) is 23.2 Å². The summed E-state index contributed by atoms with van der Waals surface area (Å²) in [5.41, 5.74) is 2.22. The second-order valence-corrected chi connectivity index (χ2v) is 8.03. The number of anilines is 1. The first-order valence-corrected chi connectivity index (χ1v) is 11.3. The summed E-state index contributed by atoms with van der Waals surface area (Å²) in [6.45, 7) is 5.76. The maximum Gasteiger partial charge on any atom is 0.351 e. The quantitative estimate of drug-likeness (QED) is 0.210. The van der Waals surface area contributed by atoms with Crippen LogP contribution in [0.15, 0.2) is 79.1 Å². The summed E-state index contributed by atoms with van der Waals surface area (Å²) >= 11 is 0. The molecular weight excluding hydrogens is 440 g/mol. The molecule has 0 atom stereocenters. The summed E-state index contributed by atoms with van der Waals surface area (Å²) in [4.78, 5) is 27.7. The summed E-state index contributed by atoms with van der Waals surface area (Å²) in [7, 11) is 0. The van der Waals surface area contributed by atoms with Crippen LogP contribution < -0.4 is 16.2 Å². The number of benzene rings is 3. The fraction of sp³-hybridized carbons (Fsp3) is 0.138. The molecule has 5 aromatic rings. The standard InChI is InChI=1S/C29H20N2O4/c1-3-31(4-2)21-12-14-23-25(16-21)35-29(33)27-26(23)22-13-11-19(15-24(22)34-28(27)32)8-5-18-6-9-20(17-30)10-7-18/h6-7,9-16H,3-4H2,1-2H3. The van der Waals surface area contributed by atoms with E-state index in [0.29, 0.717) is 38.5 Å². The van der Waals surface area contributed by atoms with Crippen molar-refractivity contribution < 1.29 is 8.83 Å². The van der Waals surface area contributed by atoms with E-state index >= 15 is 0 Å². The molecular formula is C29H20N2O4. The fourth-order valence-corrected chi connectivity index (χ4v) is 4.25. The lowest BCUT2D eigenvalue weighted by atomic mass is 10.0. The molecule has 0 unspecified atom stereocenters. The van der Waals surface area contributed by atoms with E-state index in [1.165, 1.54) is 0 Å². The third-order valence-electron chi connectivity index (χ3n) is 6.04. The van der Waals surface area contributed by atoms with Gasteiger partial charge in [-0.15, -0.1) is 0 Å². The highest BCUT2D eigenvalue weighted by Gasteiger charge is 2.17. The third kappa shape index (κ3) is 3.92. The molecule has 6 nitrogen and oxygen atoms in total. The highest BCUT2D eigenvalue weighted by atomic mass is 16.4. The molecule has 0 amide bonds. The second-order valence-electron chi connectivity index (χ2n) is 8.03. The SMILES string of the molecule is CCN(CC)c1ccc2c(c1)oc(=O)c1c(=O)oc3cc(C#Cc4ccc(C#N)cc4)ccc3c12. The van der Waals surface area contributed by atoms with E-state index in [9.17, 15) is 9.59 Å². The van der Waals surface area contributed by atoms with Gasteiger partial charge < -0.3 is 13.7 Å². The third-order valence-corrected chi connectivity index (χ3v) is 6.04.